The Balaban J connectivity index is 1.39. The van der Waals surface area contributed by atoms with E-state index in [0.717, 1.165) is 5.69 Å². The third kappa shape index (κ3) is 3.91. The number of anilines is 3. The minimum atomic E-state index is 1.16. The Hall–Kier alpha value is -4.92. The first-order valence-electron chi connectivity index (χ1n) is 14.4. The molecule has 1 aromatic heterocycles. The van der Waals surface area contributed by atoms with Crippen LogP contribution in [0.4, 0.5) is 17.1 Å². The molecule has 0 unspecified atom stereocenters. The third-order valence-corrected chi connectivity index (χ3v) is 9.73. The highest BCUT2D eigenvalue weighted by Gasteiger charge is 2.24. The summed E-state index contributed by atoms with van der Waals surface area (Å²) in [6.07, 6.45) is 0. The summed E-state index contributed by atoms with van der Waals surface area (Å²) in [7, 11) is 0. The zero-order valence-electron chi connectivity index (χ0n) is 23.6. The van der Waals surface area contributed by atoms with Crippen molar-refractivity contribution in [1.29, 1.82) is 0 Å². The van der Waals surface area contributed by atoms with Crippen LogP contribution in [0, 0.1) is 13.8 Å². The fourth-order valence-electron chi connectivity index (χ4n) is 6.45. The number of rotatable bonds is 4. The number of thiophene rings is 1. The topological polar surface area (TPSA) is 3.24 Å². The predicted molar refractivity (Wildman–Crippen MR) is 184 cm³/mol. The molecule has 0 radical (unpaired) electrons. The van der Waals surface area contributed by atoms with Gasteiger partial charge in [-0.05, 0) is 88.0 Å². The van der Waals surface area contributed by atoms with E-state index in [1.165, 1.54) is 75.3 Å². The highest BCUT2D eigenvalue weighted by molar-refractivity contribution is 7.26. The van der Waals surface area contributed by atoms with E-state index < -0.39 is 0 Å². The van der Waals surface area contributed by atoms with Crippen molar-refractivity contribution in [2.75, 3.05) is 4.90 Å². The highest BCUT2D eigenvalue weighted by Crippen LogP contribution is 2.50. The zero-order chi connectivity index (χ0) is 28.2. The number of benzene rings is 7. The van der Waals surface area contributed by atoms with Gasteiger partial charge in [0.2, 0.25) is 0 Å². The molecule has 1 heterocycles. The molecule has 200 valence electrons. The second kappa shape index (κ2) is 9.87. The fraction of sp³-hybridized carbons (Fsp3) is 0.0500. The normalized spacial score (nSPS) is 11.6. The Labute approximate surface area is 249 Å². The van der Waals surface area contributed by atoms with Gasteiger partial charge in [0, 0.05) is 26.8 Å². The lowest BCUT2D eigenvalue weighted by atomic mass is 9.96. The van der Waals surface area contributed by atoms with Crippen LogP contribution < -0.4 is 4.90 Å². The summed E-state index contributed by atoms with van der Waals surface area (Å²) in [6, 6.07) is 50.9. The standard InChI is InChI=1S/C40H29NS/c1-26-11-3-9-17-36(26)41(32-23-21-29(22-24-32)31-20-19-28-12-4-5-13-30(28)25-31)39-27(2)33-14-6-7-15-34(33)38-35-16-8-10-18-37(35)42-40(38)39/h3-25H,1-2H3. The van der Waals surface area contributed by atoms with Gasteiger partial charge in [-0.15, -0.1) is 11.3 Å². The predicted octanol–water partition coefficient (Wildman–Crippen LogP) is 12.1. The Kier molecular flexibility index (Phi) is 5.84. The van der Waals surface area contributed by atoms with Gasteiger partial charge in [0.05, 0.1) is 10.4 Å². The summed E-state index contributed by atoms with van der Waals surface area (Å²) in [6.45, 7) is 4.50. The summed E-state index contributed by atoms with van der Waals surface area (Å²) < 4.78 is 2.65. The van der Waals surface area contributed by atoms with Crippen molar-refractivity contribution in [3.63, 3.8) is 0 Å². The molecule has 0 spiro atoms. The van der Waals surface area contributed by atoms with Crippen LogP contribution in [0.5, 0.6) is 0 Å². The van der Waals surface area contributed by atoms with Crippen LogP contribution >= 0.6 is 11.3 Å². The Morgan fingerprint density at radius 2 is 1.17 bits per heavy atom. The van der Waals surface area contributed by atoms with E-state index in [1.54, 1.807) is 0 Å². The van der Waals surface area contributed by atoms with Crippen molar-refractivity contribution < 1.29 is 0 Å². The monoisotopic (exact) mass is 555 g/mol. The van der Waals surface area contributed by atoms with Gasteiger partial charge in [0.15, 0.2) is 0 Å². The SMILES string of the molecule is Cc1ccccc1N(c1ccc(-c2ccc3ccccc3c2)cc1)c1c(C)c2ccccc2c2c1sc1ccccc12. The quantitative estimate of drug-likeness (QED) is 0.209. The summed E-state index contributed by atoms with van der Waals surface area (Å²) in [5.74, 6) is 0. The molecule has 0 amide bonds. The molecule has 2 heteroatoms. The van der Waals surface area contributed by atoms with Crippen LogP contribution in [0.15, 0.2) is 140 Å². The molecular weight excluding hydrogens is 527 g/mol. The number of aryl methyl sites for hydroxylation is 2. The van der Waals surface area contributed by atoms with Crippen LogP contribution in [0.2, 0.25) is 0 Å². The first-order chi connectivity index (χ1) is 20.7. The Bertz CT molecular complexity index is 2270. The molecule has 0 N–H and O–H groups in total. The van der Waals surface area contributed by atoms with Crippen molar-refractivity contribution in [2.24, 2.45) is 0 Å². The lowest BCUT2D eigenvalue weighted by Crippen LogP contribution is -2.13. The minimum Gasteiger partial charge on any atom is -0.308 e. The minimum absolute atomic E-state index is 1.16. The highest BCUT2D eigenvalue weighted by atomic mass is 32.1. The molecule has 0 aliphatic heterocycles. The van der Waals surface area contributed by atoms with E-state index >= 15 is 0 Å². The van der Waals surface area contributed by atoms with E-state index in [0.29, 0.717) is 0 Å². The molecule has 7 aromatic carbocycles. The summed E-state index contributed by atoms with van der Waals surface area (Å²) in [5, 5.41) is 7.82. The van der Waals surface area contributed by atoms with Crippen LogP contribution in [-0.4, -0.2) is 0 Å². The van der Waals surface area contributed by atoms with Gasteiger partial charge < -0.3 is 4.90 Å². The Morgan fingerprint density at radius 1 is 0.524 bits per heavy atom. The molecule has 8 rings (SSSR count). The number of para-hydroxylation sites is 1. The van der Waals surface area contributed by atoms with Crippen molar-refractivity contribution in [2.45, 2.75) is 13.8 Å². The zero-order valence-corrected chi connectivity index (χ0v) is 24.5. The van der Waals surface area contributed by atoms with E-state index in [2.05, 4.69) is 158 Å². The molecular formula is C40H29NS. The molecule has 42 heavy (non-hydrogen) atoms. The number of fused-ring (bicyclic) bond motifs is 6. The van der Waals surface area contributed by atoms with E-state index in [4.69, 9.17) is 0 Å². The van der Waals surface area contributed by atoms with Gasteiger partial charge in [0.25, 0.3) is 0 Å². The third-order valence-electron chi connectivity index (χ3n) is 8.55. The maximum atomic E-state index is 2.49. The molecule has 0 saturated heterocycles. The summed E-state index contributed by atoms with van der Waals surface area (Å²) >= 11 is 1.90. The van der Waals surface area contributed by atoms with E-state index in [-0.39, 0.29) is 0 Å². The Morgan fingerprint density at radius 3 is 1.98 bits per heavy atom. The van der Waals surface area contributed by atoms with Gasteiger partial charge in [-0.25, -0.2) is 0 Å². The fourth-order valence-corrected chi connectivity index (χ4v) is 7.76. The first kappa shape index (κ1) is 24.8. The lowest BCUT2D eigenvalue weighted by Gasteiger charge is -2.30. The van der Waals surface area contributed by atoms with Gasteiger partial charge in [-0.3, -0.25) is 0 Å². The van der Waals surface area contributed by atoms with Crippen molar-refractivity contribution in [3.05, 3.63) is 151 Å². The second-order valence-corrected chi connectivity index (χ2v) is 12.1. The van der Waals surface area contributed by atoms with Crippen LogP contribution in [-0.2, 0) is 0 Å². The average Bonchev–Trinajstić information content (AvgIpc) is 3.43. The van der Waals surface area contributed by atoms with Crippen LogP contribution in [0.25, 0.3) is 52.8 Å². The van der Waals surface area contributed by atoms with Crippen LogP contribution in [0.3, 0.4) is 0 Å². The average molecular weight is 556 g/mol. The smallest absolute Gasteiger partial charge is 0.0676 e. The number of hydrogen-bond acceptors (Lipinski definition) is 2. The number of nitrogens with zero attached hydrogens (tertiary/aromatic N) is 1. The molecule has 0 aliphatic rings. The largest absolute Gasteiger partial charge is 0.308 e. The van der Waals surface area contributed by atoms with Gasteiger partial charge in [-0.1, -0.05) is 109 Å². The van der Waals surface area contributed by atoms with Crippen molar-refractivity contribution in [1.82, 2.24) is 0 Å². The second-order valence-electron chi connectivity index (χ2n) is 11.1. The van der Waals surface area contributed by atoms with Gasteiger partial charge in [-0.2, -0.15) is 0 Å². The van der Waals surface area contributed by atoms with Gasteiger partial charge in [0.1, 0.15) is 0 Å². The maximum absolute atomic E-state index is 2.49. The molecule has 0 fully saturated rings. The van der Waals surface area contributed by atoms with E-state index in [9.17, 15) is 0 Å². The first-order valence-corrected chi connectivity index (χ1v) is 15.3. The van der Waals surface area contributed by atoms with Crippen molar-refractivity contribution >= 4 is 70.1 Å². The van der Waals surface area contributed by atoms with Crippen molar-refractivity contribution in [3.8, 4) is 11.1 Å². The lowest BCUT2D eigenvalue weighted by molar-refractivity contribution is 1.25. The summed E-state index contributed by atoms with van der Waals surface area (Å²) in [5.41, 5.74) is 8.62. The number of hydrogen-bond donors (Lipinski definition) is 0. The maximum Gasteiger partial charge on any atom is 0.0676 e. The van der Waals surface area contributed by atoms with Gasteiger partial charge >= 0.3 is 0 Å². The summed E-state index contributed by atoms with van der Waals surface area (Å²) in [4.78, 5) is 2.49. The molecule has 8 aromatic rings. The molecule has 0 atom stereocenters. The molecule has 0 bridgehead atoms. The molecule has 0 aliphatic carbocycles. The van der Waals surface area contributed by atoms with E-state index in [1.807, 2.05) is 11.3 Å². The molecule has 1 nitrogen and oxygen atoms in total. The van der Waals surface area contributed by atoms with Crippen LogP contribution in [0.1, 0.15) is 11.1 Å². The molecule has 0 saturated carbocycles.